The Hall–Kier alpha value is -1.35. The zero-order chi connectivity index (χ0) is 13.8. The van der Waals surface area contributed by atoms with Crippen molar-refractivity contribution >= 4 is 15.9 Å². The van der Waals surface area contributed by atoms with Gasteiger partial charge in [0.25, 0.3) is 0 Å². The Labute approximate surface area is 121 Å². The van der Waals surface area contributed by atoms with Gasteiger partial charge in [-0.25, -0.2) is 4.39 Å². The van der Waals surface area contributed by atoms with Crippen LogP contribution < -0.4 is 4.74 Å². The van der Waals surface area contributed by atoms with Crippen LogP contribution in [0, 0.1) is 12.7 Å². The maximum Gasteiger partial charge on any atom is 0.126 e. The highest BCUT2D eigenvalue weighted by Crippen LogP contribution is 2.36. The molecule has 0 saturated carbocycles. The Morgan fingerprint density at radius 1 is 1.21 bits per heavy atom. The van der Waals surface area contributed by atoms with Gasteiger partial charge in [-0.3, -0.25) is 0 Å². The van der Waals surface area contributed by atoms with Crippen LogP contribution in [0.3, 0.4) is 0 Å². The molecule has 2 rings (SSSR count). The highest BCUT2D eigenvalue weighted by molar-refractivity contribution is 9.09. The van der Waals surface area contributed by atoms with Crippen molar-refractivity contribution in [2.45, 2.75) is 18.7 Å². The first kappa shape index (κ1) is 14.1. The molecule has 0 aliphatic heterocycles. The van der Waals surface area contributed by atoms with Gasteiger partial charge in [-0.15, -0.1) is 0 Å². The minimum atomic E-state index is -0.179. The van der Waals surface area contributed by atoms with Crippen LogP contribution in [-0.4, -0.2) is 6.61 Å². The van der Waals surface area contributed by atoms with Crippen molar-refractivity contribution in [3.05, 3.63) is 65.0 Å². The normalized spacial score (nSPS) is 12.2. The summed E-state index contributed by atoms with van der Waals surface area (Å²) in [4.78, 5) is -0.00505. The summed E-state index contributed by atoms with van der Waals surface area (Å²) in [6.07, 6.45) is 0. The van der Waals surface area contributed by atoms with E-state index in [1.54, 1.807) is 13.0 Å². The molecule has 0 aromatic heterocycles. The van der Waals surface area contributed by atoms with E-state index in [0.717, 1.165) is 16.9 Å². The Morgan fingerprint density at radius 3 is 2.63 bits per heavy atom. The lowest BCUT2D eigenvalue weighted by molar-refractivity contribution is 0.337. The summed E-state index contributed by atoms with van der Waals surface area (Å²) in [5.41, 5.74) is 2.72. The van der Waals surface area contributed by atoms with E-state index in [-0.39, 0.29) is 10.6 Å². The van der Waals surface area contributed by atoms with E-state index in [2.05, 4.69) is 15.9 Å². The predicted molar refractivity (Wildman–Crippen MR) is 79.5 cm³/mol. The van der Waals surface area contributed by atoms with E-state index in [4.69, 9.17) is 4.74 Å². The molecule has 0 bridgehead atoms. The number of para-hydroxylation sites is 1. The first-order valence-electron chi connectivity index (χ1n) is 6.25. The molecular formula is C16H16BrFO. The van der Waals surface area contributed by atoms with E-state index in [1.807, 2.05) is 37.3 Å². The molecule has 0 heterocycles. The third kappa shape index (κ3) is 3.16. The Bertz CT molecular complexity index is 568. The van der Waals surface area contributed by atoms with Crippen LogP contribution in [0.5, 0.6) is 5.75 Å². The van der Waals surface area contributed by atoms with Crippen LogP contribution >= 0.6 is 15.9 Å². The molecule has 0 aliphatic rings. The highest BCUT2D eigenvalue weighted by atomic mass is 79.9. The molecule has 1 atom stereocenters. The van der Waals surface area contributed by atoms with Crippen molar-refractivity contribution in [1.29, 1.82) is 0 Å². The standard InChI is InChI=1S/C16H16BrFO/c1-3-19-15-7-5-4-6-13(15)16(17)12-8-9-14(18)11(2)10-12/h4-10,16H,3H2,1-2H3. The molecule has 2 aromatic rings. The van der Waals surface area contributed by atoms with Crippen LogP contribution in [0.1, 0.15) is 28.4 Å². The van der Waals surface area contributed by atoms with E-state index in [9.17, 15) is 4.39 Å². The Morgan fingerprint density at radius 2 is 1.95 bits per heavy atom. The van der Waals surface area contributed by atoms with E-state index in [1.165, 1.54) is 6.07 Å². The fraction of sp³-hybridized carbons (Fsp3) is 0.250. The molecule has 2 aromatic carbocycles. The lowest BCUT2D eigenvalue weighted by Gasteiger charge is -2.16. The SMILES string of the molecule is CCOc1ccccc1C(Br)c1ccc(F)c(C)c1. The highest BCUT2D eigenvalue weighted by Gasteiger charge is 2.15. The number of hydrogen-bond acceptors (Lipinski definition) is 1. The topological polar surface area (TPSA) is 9.23 Å². The van der Waals surface area contributed by atoms with Crippen LogP contribution in [0.15, 0.2) is 42.5 Å². The van der Waals surface area contributed by atoms with E-state index >= 15 is 0 Å². The van der Waals surface area contributed by atoms with Crippen molar-refractivity contribution in [3.8, 4) is 5.75 Å². The number of benzene rings is 2. The summed E-state index contributed by atoms with van der Waals surface area (Å²) < 4.78 is 19.0. The third-order valence-corrected chi connectivity index (χ3v) is 3.99. The molecule has 3 heteroatoms. The second kappa shape index (κ2) is 6.20. The summed E-state index contributed by atoms with van der Waals surface area (Å²) in [5, 5.41) is 0. The van der Waals surface area contributed by atoms with Gasteiger partial charge in [0.1, 0.15) is 11.6 Å². The van der Waals surface area contributed by atoms with E-state index in [0.29, 0.717) is 12.2 Å². The maximum absolute atomic E-state index is 13.3. The average molecular weight is 323 g/mol. The van der Waals surface area contributed by atoms with Crippen molar-refractivity contribution in [1.82, 2.24) is 0 Å². The quantitative estimate of drug-likeness (QED) is 0.718. The number of hydrogen-bond donors (Lipinski definition) is 0. The van der Waals surface area contributed by atoms with Gasteiger partial charge in [-0.2, -0.15) is 0 Å². The van der Waals surface area contributed by atoms with Crippen molar-refractivity contribution in [2.75, 3.05) is 6.61 Å². The van der Waals surface area contributed by atoms with Gasteiger partial charge in [0, 0.05) is 5.56 Å². The monoisotopic (exact) mass is 322 g/mol. The third-order valence-electron chi connectivity index (χ3n) is 2.97. The molecular weight excluding hydrogens is 307 g/mol. The summed E-state index contributed by atoms with van der Waals surface area (Å²) in [6.45, 7) is 4.36. The zero-order valence-electron chi connectivity index (χ0n) is 11.0. The zero-order valence-corrected chi connectivity index (χ0v) is 12.6. The smallest absolute Gasteiger partial charge is 0.126 e. The number of ether oxygens (including phenoxy) is 1. The van der Waals surface area contributed by atoms with Gasteiger partial charge >= 0.3 is 0 Å². The first-order valence-corrected chi connectivity index (χ1v) is 7.17. The molecule has 1 nitrogen and oxygen atoms in total. The van der Waals surface area contributed by atoms with Gasteiger partial charge < -0.3 is 4.74 Å². The molecule has 0 spiro atoms. The van der Waals surface area contributed by atoms with E-state index < -0.39 is 0 Å². The number of halogens is 2. The maximum atomic E-state index is 13.3. The fourth-order valence-electron chi connectivity index (χ4n) is 1.98. The molecule has 1 unspecified atom stereocenters. The van der Waals surface area contributed by atoms with Crippen molar-refractivity contribution < 1.29 is 9.13 Å². The van der Waals surface area contributed by atoms with Gasteiger partial charge in [-0.1, -0.05) is 46.3 Å². The molecule has 0 amide bonds. The molecule has 0 fully saturated rings. The minimum Gasteiger partial charge on any atom is -0.494 e. The van der Waals surface area contributed by atoms with Crippen molar-refractivity contribution in [2.24, 2.45) is 0 Å². The average Bonchev–Trinajstić information content (AvgIpc) is 2.42. The Kier molecular flexibility index (Phi) is 4.59. The number of alkyl halides is 1. The van der Waals surface area contributed by atoms with Crippen LogP contribution in [0.2, 0.25) is 0 Å². The Balaban J connectivity index is 2.37. The van der Waals surface area contributed by atoms with Crippen LogP contribution in [-0.2, 0) is 0 Å². The first-order chi connectivity index (χ1) is 9.13. The summed E-state index contributed by atoms with van der Waals surface area (Å²) in [6, 6.07) is 13.0. The van der Waals surface area contributed by atoms with Crippen LogP contribution in [0.4, 0.5) is 4.39 Å². The van der Waals surface area contributed by atoms with Crippen molar-refractivity contribution in [3.63, 3.8) is 0 Å². The summed E-state index contributed by atoms with van der Waals surface area (Å²) >= 11 is 3.67. The molecule has 0 saturated heterocycles. The van der Waals surface area contributed by atoms with Gasteiger partial charge in [0.15, 0.2) is 0 Å². The minimum absolute atomic E-state index is 0.00505. The molecule has 19 heavy (non-hydrogen) atoms. The number of aryl methyl sites for hydroxylation is 1. The summed E-state index contributed by atoms with van der Waals surface area (Å²) in [7, 11) is 0. The van der Waals surface area contributed by atoms with Gasteiger partial charge in [-0.05, 0) is 37.1 Å². The molecule has 100 valence electrons. The number of rotatable bonds is 4. The largest absolute Gasteiger partial charge is 0.494 e. The molecule has 0 N–H and O–H groups in total. The molecule has 0 aliphatic carbocycles. The predicted octanol–water partition coefficient (Wildman–Crippen LogP) is 5.02. The summed E-state index contributed by atoms with van der Waals surface area (Å²) in [5.74, 6) is 0.676. The second-order valence-electron chi connectivity index (χ2n) is 4.34. The van der Waals surface area contributed by atoms with Crippen LogP contribution in [0.25, 0.3) is 0 Å². The lowest BCUT2D eigenvalue weighted by atomic mass is 10.0. The van der Waals surface area contributed by atoms with Gasteiger partial charge in [0.2, 0.25) is 0 Å². The molecule has 0 radical (unpaired) electrons. The second-order valence-corrected chi connectivity index (χ2v) is 5.26. The van der Waals surface area contributed by atoms with Gasteiger partial charge in [0.05, 0.1) is 11.4 Å². The fourth-order valence-corrected chi connectivity index (χ4v) is 2.64. The lowest BCUT2D eigenvalue weighted by Crippen LogP contribution is -2.00.